The van der Waals surface area contributed by atoms with Gasteiger partial charge < -0.3 is 5.11 Å². The monoisotopic (exact) mass is 266 g/mol. The molecule has 1 aromatic rings. The van der Waals surface area contributed by atoms with Crippen molar-refractivity contribution in [3.05, 3.63) is 41.0 Å². The zero-order valence-corrected chi connectivity index (χ0v) is 9.24. The molecule has 0 heterocycles. The van der Waals surface area contributed by atoms with Crippen LogP contribution >= 0.6 is 15.9 Å². The summed E-state index contributed by atoms with van der Waals surface area (Å²) in [6.07, 6.45) is 1.26. The number of phenols is 1. The van der Waals surface area contributed by atoms with Gasteiger partial charge in [0.25, 0.3) is 0 Å². The molecule has 3 nitrogen and oxygen atoms in total. The Morgan fingerprint density at radius 3 is 2.67 bits per heavy atom. The number of ketones is 2. The average molecular weight is 267 g/mol. The number of benzene rings is 1. The van der Waals surface area contributed by atoms with Crippen LogP contribution in [0.15, 0.2) is 29.8 Å². The number of hydrogen-bond donors (Lipinski definition) is 1. The Balaban J connectivity index is 2.67. The highest BCUT2D eigenvalue weighted by molar-refractivity contribution is 9.09. The second-order valence-corrected chi connectivity index (χ2v) is 3.76. The van der Waals surface area contributed by atoms with Crippen LogP contribution in [0, 0.1) is 0 Å². The van der Waals surface area contributed by atoms with Crippen LogP contribution in [0.5, 0.6) is 5.75 Å². The fourth-order valence-electron chi connectivity index (χ4n) is 1.56. The standard InChI is InChI=1S/C11H7BrO3/c12-5-6-4-9(14)10-7(11(6)15)2-1-3-8(10)13/h1-4,13H,5H2. The van der Waals surface area contributed by atoms with Crippen LogP contribution < -0.4 is 0 Å². The van der Waals surface area contributed by atoms with Crippen LogP contribution in [0.3, 0.4) is 0 Å². The van der Waals surface area contributed by atoms with Crippen molar-refractivity contribution in [2.45, 2.75) is 0 Å². The molecule has 0 aliphatic heterocycles. The maximum absolute atomic E-state index is 11.8. The summed E-state index contributed by atoms with van der Waals surface area (Å²) >= 11 is 3.15. The summed E-state index contributed by atoms with van der Waals surface area (Å²) in [5, 5.41) is 9.83. The lowest BCUT2D eigenvalue weighted by molar-refractivity contribution is 0.0983. The predicted molar refractivity (Wildman–Crippen MR) is 58.6 cm³/mol. The number of aromatic hydroxyl groups is 1. The molecule has 1 N–H and O–H groups in total. The summed E-state index contributed by atoms with van der Waals surface area (Å²) in [5.74, 6) is -0.676. The molecule has 2 rings (SSSR count). The quantitative estimate of drug-likeness (QED) is 0.792. The lowest BCUT2D eigenvalue weighted by Crippen LogP contribution is -2.17. The molecule has 1 aliphatic carbocycles. The predicted octanol–water partition coefficient (Wildman–Crippen LogP) is 2.09. The topological polar surface area (TPSA) is 54.4 Å². The third kappa shape index (κ3) is 1.51. The van der Waals surface area contributed by atoms with Gasteiger partial charge in [0, 0.05) is 16.5 Å². The number of alkyl halides is 1. The Morgan fingerprint density at radius 2 is 2.00 bits per heavy atom. The lowest BCUT2D eigenvalue weighted by Gasteiger charge is -2.14. The first kappa shape index (κ1) is 10.1. The normalized spacial score (nSPS) is 14.9. The molecule has 0 saturated carbocycles. The van der Waals surface area contributed by atoms with E-state index in [2.05, 4.69) is 15.9 Å². The van der Waals surface area contributed by atoms with E-state index in [-0.39, 0.29) is 28.4 Å². The molecule has 0 radical (unpaired) electrons. The van der Waals surface area contributed by atoms with E-state index in [1.165, 1.54) is 12.1 Å². The minimum absolute atomic E-state index is 0.104. The summed E-state index contributed by atoms with van der Waals surface area (Å²) < 4.78 is 0. The average Bonchev–Trinajstić information content (AvgIpc) is 2.23. The highest BCUT2D eigenvalue weighted by Gasteiger charge is 2.26. The smallest absolute Gasteiger partial charge is 0.190 e. The second-order valence-electron chi connectivity index (χ2n) is 3.20. The van der Waals surface area contributed by atoms with Gasteiger partial charge in [0.1, 0.15) is 5.75 Å². The summed E-state index contributed by atoms with van der Waals surface area (Å²) in [7, 11) is 0. The van der Waals surface area contributed by atoms with Gasteiger partial charge in [-0.3, -0.25) is 9.59 Å². The van der Waals surface area contributed by atoms with Crippen LogP contribution in [0.25, 0.3) is 0 Å². The van der Waals surface area contributed by atoms with Gasteiger partial charge in [0.15, 0.2) is 11.6 Å². The van der Waals surface area contributed by atoms with Crippen molar-refractivity contribution in [3.63, 3.8) is 0 Å². The number of Topliss-reactive ketones (excluding diaryl/α,β-unsaturated/α-hetero) is 1. The van der Waals surface area contributed by atoms with E-state index in [0.717, 1.165) is 0 Å². The Kier molecular flexibility index (Phi) is 2.44. The molecule has 1 aliphatic rings. The van der Waals surface area contributed by atoms with Crippen LogP contribution in [0.2, 0.25) is 0 Å². The number of hydrogen-bond acceptors (Lipinski definition) is 3. The molecule has 0 fully saturated rings. The van der Waals surface area contributed by atoms with Crippen molar-refractivity contribution < 1.29 is 14.7 Å². The zero-order valence-electron chi connectivity index (χ0n) is 7.66. The molecule has 0 unspecified atom stereocenters. The molecule has 0 bridgehead atoms. The zero-order chi connectivity index (χ0) is 11.0. The van der Waals surface area contributed by atoms with Crippen molar-refractivity contribution in [3.8, 4) is 5.75 Å². The number of carbonyl (C=O) groups excluding carboxylic acids is 2. The molecule has 0 amide bonds. The number of carbonyl (C=O) groups is 2. The van der Waals surface area contributed by atoms with Crippen LogP contribution in [-0.4, -0.2) is 22.0 Å². The minimum atomic E-state index is -0.322. The molecule has 15 heavy (non-hydrogen) atoms. The first-order valence-corrected chi connectivity index (χ1v) is 5.45. The van der Waals surface area contributed by atoms with Gasteiger partial charge in [-0.25, -0.2) is 0 Å². The Bertz CT molecular complexity index is 489. The van der Waals surface area contributed by atoms with Crippen molar-refractivity contribution >= 4 is 27.5 Å². The van der Waals surface area contributed by atoms with Crippen LogP contribution in [0.1, 0.15) is 20.7 Å². The number of halogens is 1. The van der Waals surface area contributed by atoms with Gasteiger partial charge in [0.05, 0.1) is 5.56 Å². The van der Waals surface area contributed by atoms with Crippen molar-refractivity contribution in [1.29, 1.82) is 0 Å². The Morgan fingerprint density at radius 1 is 1.27 bits per heavy atom. The lowest BCUT2D eigenvalue weighted by atomic mass is 9.90. The van der Waals surface area contributed by atoms with Crippen molar-refractivity contribution in [1.82, 2.24) is 0 Å². The SMILES string of the molecule is O=C1C(CBr)=CC(=O)c2c(O)cccc21. The fraction of sp³-hybridized carbons (Fsp3) is 0.0909. The molecule has 0 aromatic heterocycles. The summed E-state index contributed by atoms with van der Waals surface area (Å²) in [5.41, 5.74) is 0.794. The van der Waals surface area contributed by atoms with Gasteiger partial charge >= 0.3 is 0 Å². The Hall–Kier alpha value is -1.42. The maximum atomic E-state index is 11.8. The van der Waals surface area contributed by atoms with E-state index in [4.69, 9.17) is 0 Å². The first-order valence-electron chi connectivity index (χ1n) is 4.32. The highest BCUT2D eigenvalue weighted by Crippen LogP contribution is 2.28. The Labute approximate surface area is 94.5 Å². The number of allylic oxidation sites excluding steroid dienone is 2. The number of fused-ring (bicyclic) bond motifs is 1. The van der Waals surface area contributed by atoms with E-state index in [1.54, 1.807) is 12.1 Å². The molecule has 1 aromatic carbocycles. The van der Waals surface area contributed by atoms with E-state index in [9.17, 15) is 14.7 Å². The van der Waals surface area contributed by atoms with Gasteiger partial charge in [-0.2, -0.15) is 0 Å². The second kappa shape index (κ2) is 3.62. The van der Waals surface area contributed by atoms with Gasteiger partial charge in [-0.15, -0.1) is 0 Å². The molecule has 4 heteroatoms. The first-order chi connectivity index (χ1) is 7.15. The molecule has 0 saturated heterocycles. The third-order valence-electron chi connectivity index (χ3n) is 2.27. The largest absolute Gasteiger partial charge is 0.507 e. The highest BCUT2D eigenvalue weighted by atomic mass is 79.9. The molecule has 0 atom stereocenters. The van der Waals surface area contributed by atoms with Crippen molar-refractivity contribution in [2.75, 3.05) is 5.33 Å². The summed E-state index contributed by atoms with van der Waals surface area (Å²) in [6.45, 7) is 0. The van der Waals surface area contributed by atoms with E-state index in [1.807, 2.05) is 0 Å². The van der Waals surface area contributed by atoms with Crippen LogP contribution in [0.4, 0.5) is 0 Å². The fourth-order valence-corrected chi connectivity index (χ4v) is 1.97. The van der Waals surface area contributed by atoms with Crippen molar-refractivity contribution in [2.24, 2.45) is 0 Å². The van der Waals surface area contributed by atoms with E-state index < -0.39 is 0 Å². The minimum Gasteiger partial charge on any atom is -0.507 e. The van der Waals surface area contributed by atoms with Crippen LogP contribution in [-0.2, 0) is 0 Å². The van der Waals surface area contributed by atoms with E-state index in [0.29, 0.717) is 10.9 Å². The summed E-state index contributed by atoms with van der Waals surface area (Å²) in [4.78, 5) is 23.4. The third-order valence-corrected chi connectivity index (χ3v) is 2.88. The van der Waals surface area contributed by atoms with Gasteiger partial charge in [0.2, 0.25) is 0 Å². The van der Waals surface area contributed by atoms with Gasteiger partial charge in [-0.1, -0.05) is 28.1 Å². The van der Waals surface area contributed by atoms with E-state index >= 15 is 0 Å². The molecule has 0 spiro atoms. The molecule has 76 valence electrons. The number of phenolic OH excluding ortho intramolecular Hbond substituents is 1. The molecular formula is C11H7BrO3. The maximum Gasteiger partial charge on any atom is 0.190 e. The molecular weight excluding hydrogens is 260 g/mol. The van der Waals surface area contributed by atoms with Gasteiger partial charge in [-0.05, 0) is 12.1 Å². The number of rotatable bonds is 1. The summed E-state index contributed by atoms with van der Waals surface area (Å²) in [6, 6.07) is 4.50.